The molecule has 16 heavy (non-hydrogen) atoms. The van der Waals surface area contributed by atoms with Crippen LogP contribution in [0.4, 0.5) is 0 Å². The molecule has 1 N–H and O–H groups in total. The van der Waals surface area contributed by atoms with Gasteiger partial charge in [-0.15, -0.1) is 0 Å². The molecule has 1 aliphatic heterocycles. The number of nitrogens with one attached hydrogen (secondary N) is 1. The average molecular weight is 224 g/mol. The van der Waals surface area contributed by atoms with Gasteiger partial charge < -0.3 is 10.2 Å². The zero-order valence-corrected chi connectivity index (χ0v) is 11.3. The van der Waals surface area contributed by atoms with Crippen LogP contribution in [0.15, 0.2) is 0 Å². The first-order chi connectivity index (χ1) is 7.53. The first-order valence-electron chi connectivity index (χ1n) is 7.00. The third kappa shape index (κ3) is 3.74. The largest absolute Gasteiger partial charge is 0.312 e. The predicted octanol–water partition coefficient (Wildman–Crippen LogP) is 2.50. The summed E-state index contributed by atoms with van der Waals surface area (Å²) in [6.07, 6.45) is 5.85. The number of nitrogens with zero attached hydrogens (tertiary/aromatic N) is 1. The SMILES string of the molecule is CC(C)(C)NCC1CCN(CC2CCC2)C1. The fourth-order valence-electron chi connectivity index (χ4n) is 2.74. The molecule has 0 aromatic carbocycles. The molecule has 2 heteroatoms. The molecule has 1 saturated heterocycles. The van der Waals surface area contributed by atoms with Crippen molar-refractivity contribution in [2.75, 3.05) is 26.2 Å². The van der Waals surface area contributed by atoms with Crippen LogP contribution in [-0.4, -0.2) is 36.6 Å². The lowest BCUT2D eigenvalue weighted by molar-refractivity contribution is 0.199. The van der Waals surface area contributed by atoms with Crippen molar-refractivity contribution in [1.82, 2.24) is 10.2 Å². The summed E-state index contributed by atoms with van der Waals surface area (Å²) >= 11 is 0. The average Bonchev–Trinajstić information content (AvgIpc) is 2.55. The first-order valence-corrected chi connectivity index (χ1v) is 7.00. The van der Waals surface area contributed by atoms with Crippen molar-refractivity contribution < 1.29 is 0 Å². The van der Waals surface area contributed by atoms with Gasteiger partial charge in [-0.3, -0.25) is 0 Å². The molecule has 0 aromatic rings. The number of likely N-dealkylation sites (tertiary alicyclic amines) is 1. The summed E-state index contributed by atoms with van der Waals surface area (Å²) in [5.74, 6) is 1.92. The molecule has 1 saturated carbocycles. The minimum atomic E-state index is 0.279. The van der Waals surface area contributed by atoms with E-state index in [-0.39, 0.29) is 5.54 Å². The quantitative estimate of drug-likeness (QED) is 0.789. The highest BCUT2D eigenvalue weighted by molar-refractivity contribution is 4.83. The first kappa shape index (κ1) is 12.4. The molecule has 94 valence electrons. The Morgan fingerprint density at radius 2 is 1.88 bits per heavy atom. The summed E-state index contributed by atoms with van der Waals surface area (Å²) in [6, 6.07) is 0. The Morgan fingerprint density at radius 1 is 1.12 bits per heavy atom. The van der Waals surface area contributed by atoms with E-state index >= 15 is 0 Å². The molecule has 0 amide bonds. The van der Waals surface area contributed by atoms with E-state index in [0.717, 1.165) is 11.8 Å². The van der Waals surface area contributed by atoms with E-state index < -0.39 is 0 Å². The molecule has 0 aromatic heterocycles. The predicted molar refractivity (Wildman–Crippen MR) is 69.6 cm³/mol. The van der Waals surface area contributed by atoms with Crippen molar-refractivity contribution in [3.05, 3.63) is 0 Å². The third-order valence-corrected chi connectivity index (χ3v) is 4.03. The minimum absolute atomic E-state index is 0.279. The summed E-state index contributed by atoms with van der Waals surface area (Å²) in [4.78, 5) is 2.69. The van der Waals surface area contributed by atoms with Gasteiger partial charge >= 0.3 is 0 Å². The van der Waals surface area contributed by atoms with Crippen molar-refractivity contribution in [3.63, 3.8) is 0 Å². The maximum absolute atomic E-state index is 3.64. The molecule has 2 nitrogen and oxygen atoms in total. The van der Waals surface area contributed by atoms with Gasteiger partial charge in [-0.05, 0) is 65.0 Å². The van der Waals surface area contributed by atoms with Crippen LogP contribution in [0.3, 0.4) is 0 Å². The number of rotatable bonds is 4. The van der Waals surface area contributed by atoms with E-state index in [2.05, 4.69) is 31.0 Å². The van der Waals surface area contributed by atoms with Crippen molar-refractivity contribution in [1.29, 1.82) is 0 Å². The summed E-state index contributed by atoms with van der Waals surface area (Å²) < 4.78 is 0. The third-order valence-electron chi connectivity index (χ3n) is 4.03. The molecule has 2 fully saturated rings. The van der Waals surface area contributed by atoms with E-state index in [9.17, 15) is 0 Å². The maximum atomic E-state index is 3.64. The zero-order chi connectivity index (χ0) is 11.6. The van der Waals surface area contributed by atoms with Crippen molar-refractivity contribution in [2.45, 2.75) is 52.0 Å². The van der Waals surface area contributed by atoms with Crippen LogP contribution in [0.2, 0.25) is 0 Å². The highest BCUT2D eigenvalue weighted by Gasteiger charge is 2.27. The van der Waals surface area contributed by atoms with Crippen LogP contribution in [0.25, 0.3) is 0 Å². The molecule has 1 aliphatic carbocycles. The lowest BCUT2D eigenvalue weighted by atomic mass is 9.85. The molecule has 2 rings (SSSR count). The molecule has 1 atom stereocenters. The molecule has 0 radical (unpaired) electrons. The molecule has 1 heterocycles. The Bertz CT molecular complexity index is 215. The van der Waals surface area contributed by atoms with E-state index in [1.165, 1.54) is 51.9 Å². The fourth-order valence-corrected chi connectivity index (χ4v) is 2.74. The normalized spacial score (nSPS) is 28.3. The van der Waals surface area contributed by atoms with Gasteiger partial charge in [0.25, 0.3) is 0 Å². The Balaban J connectivity index is 1.63. The van der Waals surface area contributed by atoms with E-state index in [0.29, 0.717) is 0 Å². The van der Waals surface area contributed by atoms with Crippen molar-refractivity contribution >= 4 is 0 Å². The Hall–Kier alpha value is -0.0800. The highest BCUT2D eigenvalue weighted by Crippen LogP contribution is 2.29. The lowest BCUT2D eigenvalue weighted by Gasteiger charge is -2.30. The topological polar surface area (TPSA) is 15.3 Å². The zero-order valence-electron chi connectivity index (χ0n) is 11.3. The van der Waals surface area contributed by atoms with Gasteiger partial charge in [0.1, 0.15) is 0 Å². The van der Waals surface area contributed by atoms with Gasteiger partial charge in [0.05, 0.1) is 0 Å². The Labute approximate surface area is 101 Å². The van der Waals surface area contributed by atoms with Gasteiger partial charge in [0, 0.05) is 18.6 Å². The highest BCUT2D eigenvalue weighted by atomic mass is 15.2. The maximum Gasteiger partial charge on any atom is 0.00966 e. The monoisotopic (exact) mass is 224 g/mol. The van der Waals surface area contributed by atoms with Crippen molar-refractivity contribution in [3.8, 4) is 0 Å². The fraction of sp³-hybridized carbons (Fsp3) is 1.00. The van der Waals surface area contributed by atoms with Gasteiger partial charge in [0.15, 0.2) is 0 Å². The smallest absolute Gasteiger partial charge is 0.00966 e. The molecular formula is C14H28N2. The van der Waals surface area contributed by atoms with Crippen LogP contribution >= 0.6 is 0 Å². The summed E-state index contributed by atoms with van der Waals surface area (Å²) in [7, 11) is 0. The second kappa shape index (κ2) is 5.05. The van der Waals surface area contributed by atoms with Crippen LogP contribution in [0.5, 0.6) is 0 Å². The molecule has 0 bridgehead atoms. The Kier molecular flexibility index (Phi) is 3.91. The molecule has 2 aliphatic rings. The molecule has 1 unspecified atom stereocenters. The van der Waals surface area contributed by atoms with Gasteiger partial charge in [-0.1, -0.05) is 6.42 Å². The molecule has 0 spiro atoms. The van der Waals surface area contributed by atoms with Gasteiger partial charge in [-0.25, -0.2) is 0 Å². The Morgan fingerprint density at radius 3 is 2.44 bits per heavy atom. The van der Waals surface area contributed by atoms with Crippen LogP contribution in [0, 0.1) is 11.8 Å². The lowest BCUT2D eigenvalue weighted by Crippen LogP contribution is -2.40. The van der Waals surface area contributed by atoms with E-state index in [1.807, 2.05) is 0 Å². The van der Waals surface area contributed by atoms with Gasteiger partial charge in [0.2, 0.25) is 0 Å². The summed E-state index contributed by atoms with van der Waals surface area (Å²) in [5.41, 5.74) is 0.279. The van der Waals surface area contributed by atoms with Gasteiger partial charge in [-0.2, -0.15) is 0 Å². The summed E-state index contributed by atoms with van der Waals surface area (Å²) in [6.45, 7) is 12.0. The van der Waals surface area contributed by atoms with Crippen LogP contribution < -0.4 is 5.32 Å². The van der Waals surface area contributed by atoms with E-state index in [4.69, 9.17) is 0 Å². The van der Waals surface area contributed by atoms with Crippen molar-refractivity contribution in [2.24, 2.45) is 11.8 Å². The summed E-state index contributed by atoms with van der Waals surface area (Å²) in [5, 5.41) is 3.64. The minimum Gasteiger partial charge on any atom is -0.312 e. The molecular weight excluding hydrogens is 196 g/mol. The van der Waals surface area contributed by atoms with E-state index in [1.54, 1.807) is 0 Å². The standard InChI is InChI=1S/C14H28N2/c1-14(2,3)15-9-13-7-8-16(11-13)10-12-5-4-6-12/h12-13,15H,4-11H2,1-3H3. The number of hydrogen-bond acceptors (Lipinski definition) is 2. The second-order valence-electron chi connectivity index (χ2n) is 6.84. The number of hydrogen-bond donors (Lipinski definition) is 1. The second-order valence-corrected chi connectivity index (χ2v) is 6.84. The van der Waals surface area contributed by atoms with Crippen LogP contribution in [0.1, 0.15) is 46.5 Å². The van der Waals surface area contributed by atoms with Crippen LogP contribution in [-0.2, 0) is 0 Å².